The van der Waals surface area contributed by atoms with Gasteiger partial charge in [-0.05, 0) is 36.8 Å². The zero-order valence-corrected chi connectivity index (χ0v) is 12.0. The smallest absolute Gasteiger partial charge is 0.225 e. The van der Waals surface area contributed by atoms with Crippen LogP contribution in [0.5, 0.6) is 0 Å². The molecule has 0 spiro atoms. The van der Waals surface area contributed by atoms with Gasteiger partial charge in [-0.1, -0.05) is 17.7 Å². The van der Waals surface area contributed by atoms with E-state index in [1.807, 2.05) is 25.1 Å². The molecule has 2 aromatic rings. The van der Waals surface area contributed by atoms with Crippen LogP contribution in [0.25, 0.3) is 0 Å². The van der Waals surface area contributed by atoms with Gasteiger partial charge in [-0.3, -0.25) is 4.79 Å². The van der Waals surface area contributed by atoms with Crippen LogP contribution in [0.2, 0.25) is 5.02 Å². The third kappa shape index (κ3) is 4.40. The Bertz CT molecular complexity index is 567. The fourth-order valence-electron chi connectivity index (χ4n) is 1.77. The summed E-state index contributed by atoms with van der Waals surface area (Å²) in [6.45, 7) is 3.14. The number of halogens is 1. The summed E-state index contributed by atoms with van der Waals surface area (Å²) in [6.07, 6.45) is 2.03. The van der Waals surface area contributed by atoms with Crippen LogP contribution >= 0.6 is 11.6 Å². The molecule has 0 bridgehead atoms. The van der Waals surface area contributed by atoms with E-state index in [2.05, 4.69) is 10.6 Å². The van der Waals surface area contributed by atoms with Crippen LogP contribution in [0.3, 0.4) is 0 Å². The molecule has 1 heterocycles. The van der Waals surface area contributed by atoms with Gasteiger partial charge in [0.05, 0.1) is 12.8 Å². The van der Waals surface area contributed by atoms with Crippen molar-refractivity contribution in [3.05, 3.63) is 52.9 Å². The highest BCUT2D eigenvalue weighted by Crippen LogP contribution is 2.20. The molecule has 0 saturated heterocycles. The Morgan fingerprint density at radius 1 is 1.35 bits per heavy atom. The van der Waals surface area contributed by atoms with Gasteiger partial charge in [0.2, 0.25) is 5.91 Å². The highest BCUT2D eigenvalue weighted by Gasteiger charge is 2.05. The van der Waals surface area contributed by atoms with E-state index in [-0.39, 0.29) is 5.91 Å². The van der Waals surface area contributed by atoms with Crippen molar-refractivity contribution in [3.8, 4) is 0 Å². The van der Waals surface area contributed by atoms with Crippen molar-refractivity contribution in [3.63, 3.8) is 0 Å². The van der Waals surface area contributed by atoms with E-state index >= 15 is 0 Å². The zero-order valence-electron chi connectivity index (χ0n) is 11.3. The number of rotatable bonds is 6. The van der Waals surface area contributed by atoms with Crippen LogP contribution in [0, 0.1) is 6.92 Å². The summed E-state index contributed by atoms with van der Waals surface area (Å²) in [7, 11) is 0. The van der Waals surface area contributed by atoms with Crippen molar-refractivity contribution in [1.29, 1.82) is 0 Å². The largest absolute Gasteiger partial charge is 0.468 e. The van der Waals surface area contributed by atoms with Crippen LogP contribution in [0.1, 0.15) is 17.7 Å². The number of nitrogens with one attached hydrogen (secondary N) is 2. The number of carbonyl (C=O) groups is 1. The van der Waals surface area contributed by atoms with Gasteiger partial charge in [-0.15, -0.1) is 0 Å². The molecule has 1 aromatic carbocycles. The van der Waals surface area contributed by atoms with Crippen molar-refractivity contribution in [1.82, 2.24) is 5.32 Å². The van der Waals surface area contributed by atoms with E-state index in [0.29, 0.717) is 24.5 Å². The topological polar surface area (TPSA) is 54.3 Å². The number of anilines is 1. The van der Waals surface area contributed by atoms with Gasteiger partial charge in [0, 0.05) is 23.7 Å². The lowest BCUT2D eigenvalue weighted by atomic mass is 10.2. The van der Waals surface area contributed by atoms with Crippen molar-refractivity contribution in [2.75, 3.05) is 11.9 Å². The molecule has 0 fully saturated rings. The molecule has 106 valence electrons. The Morgan fingerprint density at radius 3 is 2.95 bits per heavy atom. The van der Waals surface area contributed by atoms with Gasteiger partial charge in [-0.25, -0.2) is 0 Å². The number of hydrogen-bond acceptors (Lipinski definition) is 3. The highest BCUT2D eigenvalue weighted by atomic mass is 35.5. The Morgan fingerprint density at radius 2 is 2.20 bits per heavy atom. The van der Waals surface area contributed by atoms with E-state index in [1.54, 1.807) is 18.4 Å². The molecule has 0 aliphatic rings. The molecule has 2 N–H and O–H groups in total. The Balaban J connectivity index is 1.73. The first-order valence-corrected chi connectivity index (χ1v) is 6.82. The van der Waals surface area contributed by atoms with E-state index in [4.69, 9.17) is 16.0 Å². The van der Waals surface area contributed by atoms with E-state index in [1.165, 1.54) is 0 Å². The summed E-state index contributed by atoms with van der Waals surface area (Å²) < 4.78 is 5.19. The third-order valence-corrected chi connectivity index (χ3v) is 3.12. The number of amides is 1. The van der Waals surface area contributed by atoms with Crippen molar-refractivity contribution in [2.24, 2.45) is 0 Å². The summed E-state index contributed by atoms with van der Waals surface area (Å²) in [5.74, 6) is 0.818. The number of benzene rings is 1. The molecule has 1 amide bonds. The second kappa shape index (κ2) is 7.12. The Kier molecular flexibility index (Phi) is 5.21. The van der Waals surface area contributed by atoms with Gasteiger partial charge in [0.25, 0.3) is 0 Å². The summed E-state index contributed by atoms with van der Waals surface area (Å²) in [5.41, 5.74) is 1.75. The lowest BCUT2D eigenvalue weighted by Crippen LogP contribution is -2.21. The molecule has 0 radical (unpaired) electrons. The first-order chi connectivity index (χ1) is 9.65. The summed E-state index contributed by atoms with van der Waals surface area (Å²) in [4.78, 5) is 11.8. The summed E-state index contributed by atoms with van der Waals surface area (Å²) in [5, 5.41) is 6.62. The number of aryl methyl sites for hydroxylation is 1. The van der Waals surface area contributed by atoms with Crippen LogP contribution in [0.15, 0.2) is 41.0 Å². The van der Waals surface area contributed by atoms with Gasteiger partial charge < -0.3 is 15.1 Å². The minimum absolute atomic E-state index is 0.0395. The van der Waals surface area contributed by atoms with E-state index in [0.717, 1.165) is 17.0 Å². The predicted molar refractivity (Wildman–Crippen MR) is 79.9 cm³/mol. The Hall–Kier alpha value is -1.78. The normalized spacial score (nSPS) is 10.5. The standard InChI is InChI=1S/C15H17ClN2O2/c1-11-4-5-12(16)9-14(11)18-15(19)6-7-17-10-13-3-2-8-20-13/h2-5,8-9,17H,6-7,10H2,1H3,(H,18,19). The molecule has 5 heteroatoms. The second-order valence-corrected chi connectivity index (χ2v) is 4.95. The molecule has 0 aliphatic carbocycles. The molecule has 4 nitrogen and oxygen atoms in total. The summed E-state index contributed by atoms with van der Waals surface area (Å²) in [6, 6.07) is 9.17. The molecule has 0 aliphatic heterocycles. The van der Waals surface area contributed by atoms with Crippen LogP contribution in [-0.2, 0) is 11.3 Å². The molecule has 20 heavy (non-hydrogen) atoms. The quantitative estimate of drug-likeness (QED) is 0.803. The third-order valence-electron chi connectivity index (χ3n) is 2.88. The maximum atomic E-state index is 11.8. The van der Waals surface area contributed by atoms with Crippen molar-refractivity contribution >= 4 is 23.2 Å². The van der Waals surface area contributed by atoms with Crippen LogP contribution < -0.4 is 10.6 Å². The monoisotopic (exact) mass is 292 g/mol. The predicted octanol–water partition coefficient (Wildman–Crippen LogP) is 3.36. The minimum Gasteiger partial charge on any atom is -0.468 e. The number of furan rings is 1. The first-order valence-electron chi connectivity index (χ1n) is 6.44. The van der Waals surface area contributed by atoms with Gasteiger partial charge in [-0.2, -0.15) is 0 Å². The molecule has 1 aromatic heterocycles. The van der Waals surface area contributed by atoms with Gasteiger partial charge in [0.15, 0.2) is 0 Å². The maximum Gasteiger partial charge on any atom is 0.225 e. The molecule has 2 rings (SSSR count). The number of hydrogen-bond donors (Lipinski definition) is 2. The van der Waals surface area contributed by atoms with E-state index in [9.17, 15) is 4.79 Å². The van der Waals surface area contributed by atoms with Crippen LogP contribution in [0.4, 0.5) is 5.69 Å². The van der Waals surface area contributed by atoms with Crippen molar-refractivity contribution in [2.45, 2.75) is 19.9 Å². The molecular formula is C15H17ClN2O2. The molecule has 0 atom stereocenters. The fraction of sp³-hybridized carbons (Fsp3) is 0.267. The van der Waals surface area contributed by atoms with E-state index < -0.39 is 0 Å². The SMILES string of the molecule is Cc1ccc(Cl)cc1NC(=O)CCNCc1ccco1. The van der Waals surface area contributed by atoms with Gasteiger partial charge >= 0.3 is 0 Å². The highest BCUT2D eigenvalue weighted by molar-refractivity contribution is 6.31. The lowest BCUT2D eigenvalue weighted by Gasteiger charge is -2.09. The zero-order chi connectivity index (χ0) is 14.4. The first kappa shape index (κ1) is 14.6. The maximum absolute atomic E-state index is 11.8. The molecule has 0 saturated carbocycles. The van der Waals surface area contributed by atoms with Crippen LogP contribution in [-0.4, -0.2) is 12.5 Å². The number of carbonyl (C=O) groups excluding carboxylic acids is 1. The lowest BCUT2D eigenvalue weighted by molar-refractivity contribution is -0.116. The van der Waals surface area contributed by atoms with Crippen molar-refractivity contribution < 1.29 is 9.21 Å². The molecular weight excluding hydrogens is 276 g/mol. The summed E-state index contributed by atoms with van der Waals surface area (Å²) >= 11 is 5.91. The average Bonchev–Trinajstić information content (AvgIpc) is 2.92. The minimum atomic E-state index is -0.0395. The van der Waals surface area contributed by atoms with Gasteiger partial charge in [0.1, 0.15) is 5.76 Å². The fourth-order valence-corrected chi connectivity index (χ4v) is 1.94. The second-order valence-electron chi connectivity index (χ2n) is 4.51. The average molecular weight is 293 g/mol. The Labute approximate surface area is 123 Å². The molecule has 0 unspecified atom stereocenters.